The number of para-hydroxylation sites is 1. The Morgan fingerprint density at radius 3 is 2.22 bits per heavy atom. The lowest BCUT2D eigenvalue weighted by Crippen LogP contribution is -2.19. The number of fused-ring (bicyclic) bond motifs is 1. The molecule has 0 amide bonds. The van der Waals surface area contributed by atoms with Crippen LogP contribution in [0.15, 0.2) is 78.9 Å². The fourth-order valence-corrected chi connectivity index (χ4v) is 3.40. The van der Waals surface area contributed by atoms with Crippen LogP contribution < -0.4 is 4.74 Å². The second-order valence-electron chi connectivity index (χ2n) is 6.25. The Morgan fingerprint density at radius 2 is 1.43 bits per heavy atom. The molecule has 0 bridgehead atoms. The summed E-state index contributed by atoms with van der Waals surface area (Å²) in [6, 6.07) is 27.9. The zero-order valence-corrected chi connectivity index (χ0v) is 13.3. The first kappa shape index (κ1) is 14.1. The van der Waals surface area contributed by atoms with Crippen molar-refractivity contribution in [3.63, 3.8) is 0 Å². The van der Waals surface area contributed by atoms with Gasteiger partial charge in [-0.1, -0.05) is 78.4 Å². The van der Waals surface area contributed by atoms with Crippen molar-refractivity contribution in [2.24, 2.45) is 0 Å². The van der Waals surface area contributed by atoms with Crippen LogP contribution in [0, 0.1) is 6.92 Å². The van der Waals surface area contributed by atoms with Gasteiger partial charge in [0.25, 0.3) is 0 Å². The summed E-state index contributed by atoms with van der Waals surface area (Å²) in [4.78, 5) is 0. The lowest BCUT2D eigenvalue weighted by atomic mass is 9.82. The molecule has 3 aromatic rings. The van der Waals surface area contributed by atoms with E-state index in [1.807, 2.05) is 0 Å². The van der Waals surface area contributed by atoms with Gasteiger partial charge in [0.15, 0.2) is 0 Å². The van der Waals surface area contributed by atoms with Gasteiger partial charge >= 0.3 is 0 Å². The number of aryl methyl sites for hydroxylation is 1. The van der Waals surface area contributed by atoms with Gasteiger partial charge in [-0.25, -0.2) is 0 Å². The Balaban J connectivity index is 1.76. The van der Waals surface area contributed by atoms with E-state index < -0.39 is 0 Å². The second kappa shape index (κ2) is 5.92. The zero-order valence-electron chi connectivity index (χ0n) is 13.3. The van der Waals surface area contributed by atoms with Crippen molar-refractivity contribution in [2.75, 3.05) is 0 Å². The van der Waals surface area contributed by atoms with Crippen molar-refractivity contribution in [3.8, 4) is 5.75 Å². The van der Waals surface area contributed by atoms with E-state index in [0.29, 0.717) is 5.92 Å². The fraction of sp³-hybridized carbons (Fsp3) is 0.182. The van der Waals surface area contributed by atoms with Gasteiger partial charge in [0.2, 0.25) is 0 Å². The van der Waals surface area contributed by atoms with Crippen molar-refractivity contribution in [1.82, 2.24) is 0 Å². The first-order chi connectivity index (χ1) is 11.3. The molecule has 1 nitrogen and oxygen atoms in total. The van der Waals surface area contributed by atoms with Gasteiger partial charge in [-0.05, 0) is 30.5 Å². The minimum Gasteiger partial charge on any atom is -0.485 e. The predicted molar refractivity (Wildman–Crippen MR) is 93.9 cm³/mol. The standard InChI is InChI=1S/C22H20O/c1-16-11-13-17(14-12-16)20-15-22(18-7-3-2-4-8-18)23-21-10-6-5-9-19(20)21/h2-14,20,22H,15H2,1H3. The maximum Gasteiger partial charge on any atom is 0.125 e. The molecule has 4 rings (SSSR count). The topological polar surface area (TPSA) is 9.23 Å². The van der Waals surface area contributed by atoms with Crippen LogP contribution in [0.2, 0.25) is 0 Å². The summed E-state index contributed by atoms with van der Waals surface area (Å²) in [6.45, 7) is 2.13. The van der Waals surface area contributed by atoms with Crippen LogP contribution in [0.5, 0.6) is 5.75 Å². The molecule has 0 saturated heterocycles. The summed E-state index contributed by atoms with van der Waals surface area (Å²) in [7, 11) is 0. The molecule has 23 heavy (non-hydrogen) atoms. The van der Waals surface area contributed by atoms with Crippen LogP contribution in [0.1, 0.15) is 40.7 Å². The van der Waals surface area contributed by atoms with Crippen LogP contribution in [0.25, 0.3) is 0 Å². The molecule has 1 heteroatoms. The molecular formula is C22H20O. The minimum absolute atomic E-state index is 0.109. The molecule has 1 aliphatic rings. The Kier molecular flexibility index (Phi) is 3.63. The van der Waals surface area contributed by atoms with Gasteiger partial charge in [-0.15, -0.1) is 0 Å². The van der Waals surface area contributed by atoms with Crippen LogP contribution in [0.4, 0.5) is 0 Å². The first-order valence-corrected chi connectivity index (χ1v) is 8.18. The Labute approximate surface area is 137 Å². The van der Waals surface area contributed by atoms with Gasteiger partial charge in [0.1, 0.15) is 11.9 Å². The van der Waals surface area contributed by atoms with Crippen LogP contribution in [0.3, 0.4) is 0 Å². The Hall–Kier alpha value is -2.54. The summed E-state index contributed by atoms with van der Waals surface area (Å²) in [5.41, 5.74) is 5.21. The van der Waals surface area contributed by atoms with Crippen molar-refractivity contribution in [3.05, 3.63) is 101 Å². The van der Waals surface area contributed by atoms with Gasteiger partial charge in [0.05, 0.1) is 0 Å². The van der Waals surface area contributed by atoms with E-state index in [2.05, 4.69) is 85.8 Å². The van der Waals surface area contributed by atoms with Gasteiger partial charge < -0.3 is 4.74 Å². The molecule has 3 aromatic carbocycles. The molecular weight excluding hydrogens is 280 g/mol. The van der Waals surface area contributed by atoms with Crippen molar-refractivity contribution >= 4 is 0 Å². The van der Waals surface area contributed by atoms with Crippen LogP contribution in [-0.4, -0.2) is 0 Å². The van der Waals surface area contributed by atoms with E-state index in [-0.39, 0.29) is 6.10 Å². The zero-order chi connectivity index (χ0) is 15.6. The van der Waals surface area contributed by atoms with E-state index in [4.69, 9.17) is 4.74 Å². The maximum absolute atomic E-state index is 6.29. The number of hydrogen-bond acceptors (Lipinski definition) is 1. The summed E-state index contributed by atoms with van der Waals surface area (Å²) >= 11 is 0. The predicted octanol–water partition coefficient (Wildman–Crippen LogP) is 5.65. The second-order valence-corrected chi connectivity index (χ2v) is 6.25. The highest BCUT2D eigenvalue weighted by Gasteiger charge is 2.29. The lowest BCUT2D eigenvalue weighted by molar-refractivity contribution is 0.167. The number of rotatable bonds is 2. The summed E-state index contributed by atoms with van der Waals surface area (Å²) in [5.74, 6) is 1.39. The SMILES string of the molecule is Cc1ccc(C2CC(c3ccccc3)Oc3ccccc32)cc1. The van der Waals surface area contributed by atoms with Gasteiger partial charge in [0, 0.05) is 11.5 Å². The average molecular weight is 300 g/mol. The summed E-state index contributed by atoms with van der Waals surface area (Å²) in [5, 5.41) is 0. The molecule has 0 saturated carbocycles. The minimum atomic E-state index is 0.109. The first-order valence-electron chi connectivity index (χ1n) is 8.18. The Bertz CT molecular complexity index is 790. The molecule has 0 aromatic heterocycles. The van der Waals surface area contributed by atoms with E-state index in [1.165, 1.54) is 22.3 Å². The molecule has 1 aliphatic heterocycles. The molecule has 0 aliphatic carbocycles. The molecule has 2 unspecified atom stereocenters. The number of hydrogen-bond donors (Lipinski definition) is 0. The average Bonchev–Trinajstić information content (AvgIpc) is 2.62. The van der Waals surface area contributed by atoms with Crippen LogP contribution >= 0.6 is 0 Å². The molecule has 0 radical (unpaired) electrons. The highest BCUT2D eigenvalue weighted by Crippen LogP contribution is 2.44. The van der Waals surface area contributed by atoms with Gasteiger partial charge in [-0.3, -0.25) is 0 Å². The fourth-order valence-electron chi connectivity index (χ4n) is 3.40. The number of ether oxygens (including phenoxy) is 1. The van der Waals surface area contributed by atoms with Crippen molar-refractivity contribution in [2.45, 2.75) is 25.4 Å². The third-order valence-corrected chi connectivity index (χ3v) is 4.66. The molecule has 0 N–H and O–H groups in total. The highest BCUT2D eigenvalue weighted by atomic mass is 16.5. The Morgan fingerprint density at radius 1 is 0.739 bits per heavy atom. The summed E-state index contributed by atoms with van der Waals surface area (Å²) in [6.07, 6.45) is 1.08. The summed E-state index contributed by atoms with van der Waals surface area (Å²) < 4.78 is 6.29. The van der Waals surface area contributed by atoms with E-state index >= 15 is 0 Å². The third kappa shape index (κ3) is 2.75. The van der Waals surface area contributed by atoms with Gasteiger partial charge in [-0.2, -0.15) is 0 Å². The maximum atomic E-state index is 6.29. The molecule has 114 valence electrons. The molecule has 1 heterocycles. The van der Waals surface area contributed by atoms with Crippen molar-refractivity contribution < 1.29 is 4.74 Å². The number of benzene rings is 3. The van der Waals surface area contributed by atoms with E-state index in [0.717, 1.165) is 12.2 Å². The normalized spacial score (nSPS) is 19.7. The smallest absolute Gasteiger partial charge is 0.125 e. The van der Waals surface area contributed by atoms with E-state index in [1.54, 1.807) is 0 Å². The highest BCUT2D eigenvalue weighted by molar-refractivity contribution is 5.45. The van der Waals surface area contributed by atoms with Crippen molar-refractivity contribution in [1.29, 1.82) is 0 Å². The molecule has 2 atom stereocenters. The quantitative estimate of drug-likeness (QED) is 0.594. The van der Waals surface area contributed by atoms with Crippen LogP contribution in [-0.2, 0) is 0 Å². The third-order valence-electron chi connectivity index (χ3n) is 4.66. The lowest BCUT2D eigenvalue weighted by Gasteiger charge is -2.33. The molecule has 0 fully saturated rings. The largest absolute Gasteiger partial charge is 0.485 e. The van der Waals surface area contributed by atoms with E-state index in [9.17, 15) is 0 Å². The monoisotopic (exact) mass is 300 g/mol. The molecule has 0 spiro atoms.